The summed E-state index contributed by atoms with van der Waals surface area (Å²) in [6, 6.07) is 15.8. The summed E-state index contributed by atoms with van der Waals surface area (Å²) in [4.78, 5) is 244. The minimum Gasteiger partial charge on any atom is -0.508 e. The molecule has 137 heavy (non-hydrogen) atoms. The van der Waals surface area contributed by atoms with Crippen molar-refractivity contribution in [3.63, 3.8) is 0 Å². The highest BCUT2D eigenvalue weighted by atomic mass is 32.2. The van der Waals surface area contributed by atoms with E-state index < -0.39 is 258 Å². The maximum Gasteiger partial charge on any atom is 0.305 e. The number of primary amides is 1. The van der Waals surface area contributed by atoms with Crippen molar-refractivity contribution in [2.75, 3.05) is 52.3 Å². The first-order valence-electron chi connectivity index (χ1n) is 45.2. The molecule has 1 aromatic heterocycles. The van der Waals surface area contributed by atoms with Crippen LogP contribution >= 0.6 is 11.8 Å². The average Bonchev–Trinajstić information content (AvgIpc) is 1.61. The van der Waals surface area contributed by atoms with Crippen LogP contribution in [-0.2, 0) is 120 Å². The third-order valence-corrected chi connectivity index (χ3v) is 25.8. The number of epoxide rings is 1. The Bertz CT molecular complexity index is 5530. The van der Waals surface area contributed by atoms with Gasteiger partial charge in [0.15, 0.2) is 17.5 Å². The highest BCUT2D eigenvalue weighted by Crippen LogP contribution is 2.37. The standard InChI is InChI=1S/C96H115F3N16O21S/c1-7-8-25-74-94(134)114-36-17-26-72(114)89(129)108-69(47-80(122)123)88(128)110-82(52(2)3)95(135)112(5)75(43-53-19-11-9-12-20-53)91(131)104-65(40-55-28-32-59(116)33-29-55)83-96(136-83)115-37-18-27-73(115)90(130)107-67(45-58-48-101-64-24-16-15-23-61(58)64)86(126)105-66(41-56-30-34-60(117)35-31-56)85(125)106-68(46-79(120)121)87(127)109-71(84(124)102-49-77(100)118)50-137-51-78(119)103-70(42-57-38-62(97)81(99)63(98)39-57)92(132)113(6)76(93(133)111(74)4)44-54-21-13-10-14-22-54/h9-16,19-24,28-35,38-39,48,52,65-76,82-83,96,101,116-117H,7-8,17-18,25-27,36-37,40-47,49-51H2,1-6H3,(H2,100,118)(H,102,124)(H,103,119)(H,104,131)(H,105,126)(H,106,125)(H,107,130)(H,108,129)(H,109,127)(H,110,128)(H,120,121)(H,122,123)/t65-,66-,67-,68-,69-,70-,71-,72+,73?,74-,75?,76?,82-,83?,96?/m0/s1. The van der Waals surface area contributed by atoms with Crippen LogP contribution in [0.25, 0.3) is 10.9 Å². The van der Waals surface area contributed by atoms with Gasteiger partial charge in [-0.3, -0.25) is 81.6 Å². The molecule has 732 valence electrons. The molecule has 11 rings (SSSR count). The smallest absolute Gasteiger partial charge is 0.305 e. The van der Waals surface area contributed by atoms with E-state index in [1.165, 1.54) is 62.4 Å². The number of nitrogens with one attached hydrogen (secondary N) is 10. The molecule has 14 amide bonds. The second kappa shape index (κ2) is 48.0. The maximum absolute atomic E-state index is 15.7. The van der Waals surface area contributed by atoms with Crippen LogP contribution < -0.4 is 53.6 Å². The fourth-order valence-corrected chi connectivity index (χ4v) is 18.2. The quantitative estimate of drug-likeness (QED) is 0.0323. The van der Waals surface area contributed by atoms with Gasteiger partial charge in [-0.1, -0.05) is 137 Å². The van der Waals surface area contributed by atoms with Gasteiger partial charge in [0.25, 0.3) is 0 Å². The third-order valence-electron chi connectivity index (χ3n) is 24.8. The van der Waals surface area contributed by atoms with Gasteiger partial charge < -0.3 is 103 Å². The van der Waals surface area contributed by atoms with Crippen molar-refractivity contribution in [3.05, 3.63) is 203 Å². The number of carbonyl (C=O) groups excluding carboxylic acids is 14. The molecule has 5 unspecified atom stereocenters. The number of likely N-dealkylation sites (N-methyl/N-ethyl adjacent to an activating group) is 3. The number of rotatable bonds is 23. The van der Waals surface area contributed by atoms with Crippen molar-refractivity contribution in [2.24, 2.45) is 11.7 Å². The summed E-state index contributed by atoms with van der Waals surface area (Å²) in [5.41, 5.74) is 8.05. The Hall–Kier alpha value is -14.0. The summed E-state index contributed by atoms with van der Waals surface area (Å²) in [5, 5.41) is 65.7. The number of hydrogen-bond donors (Lipinski definition) is 15. The Morgan fingerprint density at radius 3 is 1.62 bits per heavy atom. The molecule has 0 radical (unpaired) electrons. The molecule has 0 bridgehead atoms. The number of nitrogens with two attached hydrogens (primary N) is 1. The molecule has 4 aliphatic heterocycles. The molecule has 37 nitrogen and oxygen atoms in total. The van der Waals surface area contributed by atoms with E-state index in [1.54, 1.807) is 129 Å². The van der Waals surface area contributed by atoms with Crippen LogP contribution in [0.4, 0.5) is 13.2 Å². The van der Waals surface area contributed by atoms with Crippen LogP contribution in [0.15, 0.2) is 152 Å². The fraction of sp³-hybridized carbons (Fsp3) is 0.438. The van der Waals surface area contributed by atoms with Crippen molar-refractivity contribution < 1.29 is 115 Å². The Morgan fingerprint density at radius 1 is 0.518 bits per heavy atom. The number of carboxylic acid groups (broad SMARTS) is 2. The largest absolute Gasteiger partial charge is 0.508 e. The lowest BCUT2D eigenvalue weighted by atomic mass is 9.97. The first-order valence-corrected chi connectivity index (χ1v) is 46.3. The number of halogens is 3. The van der Waals surface area contributed by atoms with Crippen molar-refractivity contribution in [1.82, 2.24) is 77.3 Å². The highest BCUT2D eigenvalue weighted by molar-refractivity contribution is 8.00. The number of ether oxygens (including phenoxy) is 1. The zero-order valence-electron chi connectivity index (χ0n) is 76.4. The number of carbonyl (C=O) groups is 16. The molecule has 4 fully saturated rings. The van der Waals surface area contributed by atoms with E-state index in [1.807, 2.05) is 0 Å². The number of para-hydroxylation sites is 1. The van der Waals surface area contributed by atoms with E-state index in [4.69, 9.17) is 10.5 Å². The molecule has 15 atom stereocenters. The number of carboxylic acids is 2. The molecule has 4 saturated heterocycles. The lowest BCUT2D eigenvalue weighted by Gasteiger charge is -2.38. The molecular formula is C96H115F3N16O21S. The van der Waals surface area contributed by atoms with Crippen LogP contribution in [-0.4, -0.2) is 288 Å². The normalized spacial score (nSPS) is 24.7. The minimum absolute atomic E-state index is 0.0277. The Balaban J connectivity index is 0.974. The second-order valence-corrected chi connectivity index (χ2v) is 36.1. The average molecular weight is 1920 g/mol. The molecular weight excluding hydrogens is 1800 g/mol. The number of unbranched alkanes of at least 4 members (excludes halogenated alkanes) is 1. The van der Waals surface area contributed by atoms with Crippen LogP contribution in [0.3, 0.4) is 0 Å². The number of aliphatic carboxylic acids is 2. The topological polar surface area (TPSA) is 533 Å². The summed E-state index contributed by atoms with van der Waals surface area (Å²) in [6.07, 6.45) is -3.00. The van der Waals surface area contributed by atoms with E-state index >= 15 is 47.1 Å². The molecule has 5 heterocycles. The van der Waals surface area contributed by atoms with Crippen molar-refractivity contribution in [1.29, 1.82) is 0 Å². The molecule has 16 N–H and O–H groups in total. The number of hydrogen-bond acceptors (Lipinski definition) is 21. The first kappa shape index (κ1) is 104. The van der Waals surface area contributed by atoms with E-state index in [2.05, 4.69) is 52.8 Å². The van der Waals surface area contributed by atoms with E-state index in [-0.39, 0.29) is 87.9 Å². The predicted molar refractivity (Wildman–Crippen MR) is 493 cm³/mol. The molecule has 0 aliphatic carbocycles. The van der Waals surface area contributed by atoms with Gasteiger partial charge in [0.05, 0.1) is 37.2 Å². The van der Waals surface area contributed by atoms with Crippen LogP contribution in [0, 0.1) is 23.4 Å². The van der Waals surface area contributed by atoms with Gasteiger partial charge in [0, 0.05) is 89.2 Å². The first-order chi connectivity index (χ1) is 65.3. The van der Waals surface area contributed by atoms with E-state index in [0.29, 0.717) is 69.9 Å². The summed E-state index contributed by atoms with van der Waals surface area (Å²) in [7, 11) is 3.80. The van der Waals surface area contributed by atoms with Crippen molar-refractivity contribution in [2.45, 2.75) is 208 Å². The molecule has 0 saturated carbocycles. The van der Waals surface area contributed by atoms with E-state index in [0.717, 1.165) is 14.7 Å². The van der Waals surface area contributed by atoms with Crippen molar-refractivity contribution >= 4 is 117 Å². The number of phenolic OH excluding ortho intramolecular Hbond substituents is 2. The summed E-state index contributed by atoms with van der Waals surface area (Å²) in [5.74, 6) is -25.1. The second-order valence-electron chi connectivity index (χ2n) is 35.0. The predicted octanol–water partition coefficient (Wildman–Crippen LogP) is 2.44. The summed E-state index contributed by atoms with van der Waals surface area (Å²) < 4.78 is 51.6. The number of aromatic hydroxyl groups is 2. The monoisotopic (exact) mass is 1920 g/mol. The number of phenols is 2. The fourth-order valence-electron chi connectivity index (χ4n) is 17.3. The lowest BCUT2D eigenvalue weighted by molar-refractivity contribution is -0.152. The number of benzene rings is 6. The minimum atomic E-state index is -2.13. The number of H-pyrrole nitrogens is 1. The number of amides is 14. The molecule has 6 aromatic carbocycles. The molecule has 0 spiro atoms. The SMILES string of the molecule is CCCC[C@H]1C(=O)N2CCC[C@@H]2C(=O)N[C@@H](CC(=O)O)C(=O)N[C@@H](C(C)C)C(=O)N(C)C(Cc2ccccc2)C(=O)N[C@@H](Cc2ccc(O)cc2)C2OC2N2CCCC2C(=O)N[C@@H](Cc2c[nH]c3ccccc23)C(=O)N[C@@H](Cc2ccc(O)cc2)C(=O)N[C@@H](CC(=O)O)C(=O)N[C@H](C(=O)NCC(N)=O)CSCC(=O)N[C@@H](Cc2cc(F)c(F)c(F)c2)C(=O)N(C)C(Cc2ccccc2)C(=O)N1C. The Morgan fingerprint density at radius 2 is 1.02 bits per heavy atom. The van der Waals surface area contributed by atoms with Gasteiger partial charge >= 0.3 is 11.9 Å². The van der Waals surface area contributed by atoms with Crippen LogP contribution in [0.5, 0.6) is 11.5 Å². The van der Waals surface area contributed by atoms with Gasteiger partial charge in [0.2, 0.25) is 82.7 Å². The number of aromatic amines is 1. The van der Waals surface area contributed by atoms with Gasteiger partial charge in [-0.05, 0) is 120 Å². The van der Waals surface area contributed by atoms with E-state index in [9.17, 15) is 63.2 Å². The van der Waals surface area contributed by atoms with Gasteiger partial charge in [0.1, 0.15) is 90.3 Å². The third kappa shape index (κ3) is 27.9. The van der Waals surface area contributed by atoms with Gasteiger partial charge in [-0.15, -0.1) is 11.8 Å². The van der Waals surface area contributed by atoms with Crippen LogP contribution in [0.1, 0.15) is 112 Å². The summed E-state index contributed by atoms with van der Waals surface area (Å²) in [6.45, 7) is 4.26. The highest BCUT2D eigenvalue weighted by Gasteiger charge is 2.54. The van der Waals surface area contributed by atoms with Crippen LogP contribution in [0.2, 0.25) is 0 Å². The molecule has 7 aromatic rings. The maximum atomic E-state index is 15.7. The number of nitrogens with zero attached hydrogens (tertiary/aromatic N) is 5. The lowest BCUT2D eigenvalue weighted by Crippen LogP contribution is -2.61. The Kier molecular flexibility index (Phi) is 36.3. The number of aromatic nitrogens is 1. The zero-order chi connectivity index (χ0) is 99.2. The summed E-state index contributed by atoms with van der Waals surface area (Å²) >= 11 is 0.576. The van der Waals surface area contributed by atoms with Crippen molar-refractivity contribution in [3.8, 4) is 11.5 Å². The molecule has 4 aliphatic rings. The van der Waals surface area contributed by atoms with Gasteiger partial charge in [-0.2, -0.15) is 0 Å². The van der Waals surface area contributed by atoms with Gasteiger partial charge in [-0.25, -0.2) is 13.2 Å². The zero-order valence-corrected chi connectivity index (χ0v) is 77.2. The Labute approximate surface area is 791 Å². The number of fused-ring (bicyclic) bond motifs is 5. The molecule has 41 heteroatoms. The number of thioether (sulfide) groups is 1.